The number of carbonyl (C=O) groups is 2. The summed E-state index contributed by atoms with van der Waals surface area (Å²) in [6.45, 7) is 0.716. The van der Waals surface area contributed by atoms with Crippen molar-refractivity contribution in [3.63, 3.8) is 0 Å². The predicted molar refractivity (Wildman–Crippen MR) is 90.9 cm³/mol. The van der Waals surface area contributed by atoms with E-state index in [9.17, 15) is 18.2 Å². The number of nitrogens with zero attached hydrogens (tertiary/aromatic N) is 2. The van der Waals surface area contributed by atoms with Gasteiger partial charge in [0.05, 0.1) is 17.9 Å². The molecule has 3 rings (SSSR count). The van der Waals surface area contributed by atoms with E-state index in [-0.39, 0.29) is 18.1 Å². The molecule has 2 N–H and O–H groups in total. The third kappa shape index (κ3) is 3.53. The lowest BCUT2D eigenvalue weighted by molar-refractivity contribution is -0.127. The topological polar surface area (TPSA) is 103 Å². The van der Waals surface area contributed by atoms with E-state index >= 15 is 0 Å². The van der Waals surface area contributed by atoms with Gasteiger partial charge in [-0.2, -0.15) is 0 Å². The standard InChI is InChI=1S/C15H19FN4O4S/c1-18-14(21)13-9-20(15(22)24-13)10-2-3-12(11(16)8-10)19-4-6-25(17,23)7-5-19/h2-3,8,13,17H,4-7,9H2,1H3,(H,18,21)/t13-/m1/s1. The quantitative estimate of drug-likeness (QED) is 0.818. The molecular weight excluding hydrogens is 351 g/mol. The number of hydrogen-bond donors (Lipinski definition) is 2. The normalized spacial score (nSPS) is 22.6. The van der Waals surface area contributed by atoms with Crippen LogP contribution in [-0.2, 0) is 19.3 Å². The Balaban J connectivity index is 1.76. The smallest absolute Gasteiger partial charge is 0.415 e. The summed E-state index contributed by atoms with van der Waals surface area (Å²) in [6.07, 6.45) is -1.62. The second kappa shape index (κ2) is 6.51. The number of nitrogens with one attached hydrogen (secondary N) is 2. The van der Waals surface area contributed by atoms with Crippen LogP contribution in [0.15, 0.2) is 18.2 Å². The Morgan fingerprint density at radius 2 is 2.08 bits per heavy atom. The van der Waals surface area contributed by atoms with Crippen molar-refractivity contribution in [1.82, 2.24) is 5.32 Å². The summed E-state index contributed by atoms with van der Waals surface area (Å²) in [4.78, 5) is 26.4. The zero-order valence-corrected chi connectivity index (χ0v) is 14.5. The van der Waals surface area contributed by atoms with Gasteiger partial charge in [0.15, 0.2) is 6.10 Å². The largest absolute Gasteiger partial charge is 0.434 e. The fourth-order valence-electron chi connectivity index (χ4n) is 2.86. The highest BCUT2D eigenvalue weighted by Gasteiger charge is 2.37. The maximum absolute atomic E-state index is 14.5. The number of halogens is 1. The van der Waals surface area contributed by atoms with E-state index in [1.807, 2.05) is 0 Å². The van der Waals surface area contributed by atoms with Gasteiger partial charge in [-0.05, 0) is 18.2 Å². The van der Waals surface area contributed by atoms with Crippen molar-refractivity contribution in [2.45, 2.75) is 6.10 Å². The van der Waals surface area contributed by atoms with E-state index in [1.165, 1.54) is 18.0 Å². The number of likely N-dealkylation sites (N-methyl/N-ethyl adjacent to an activating group) is 1. The second-order valence-electron chi connectivity index (χ2n) is 5.94. The second-order valence-corrected chi connectivity index (χ2v) is 8.38. The van der Waals surface area contributed by atoms with Crippen LogP contribution in [-0.4, -0.2) is 60.5 Å². The Hall–Kier alpha value is -2.36. The average molecular weight is 370 g/mol. The van der Waals surface area contributed by atoms with Crippen LogP contribution in [0.1, 0.15) is 0 Å². The summed E-state index contributed by atoms with van der Waals surface area (Å²) in [5.41, 5.74) is 0.646. The van der Waals surface area contributed by atoms with Gasteiger partial charge in [0, 0.05) is 41.4 Å². The van der Waals surface area contributed by atoms with Crippen LogP contribution in [0, 0.1) is 10.6 Å². The molecule has 0 radical (unpaired) electrons. The molecular formula is C15H19FN4O4S. The lowest BCUT2D eigenvalue weighted by Crippen LogP contribution is -2.40. The van der Waals surface area contributed by atoms with Gasteiger partial charge < -0.3 is 15.0 Å². The molecule has 2 heterocycles. The number of hydrogen-bond acceptors (Lipinski definition) is 6. The minimum Gasteiger partial charge on any atom is -0.434 e. The number of ether oxygens (including phenoxy) is 1. The maximum Gasteiger partial charge on any atom is 0.415 e. The minimum absolute atomic E-state index is 0.0158. The van der Waals surface area contributed by atoms with E-state index in [4.69, 9.17) is 9.52 Å². The van der Waals surface area contributed by atoms with Crippen LogP contribution < -0.4 is 15.1 Å². The molecule has 0 unspecified atom stereocenters. The van der Waals surface area contributed by atoms with Crippen molar-refractivity contribution in [3.05, 3.63) is 24.0 Å². The highest BCUT2D eigenvalue weighted by Crippen LogP contribution is 2.28. The van der Waals surface area contributed by atoms with Gasteiger partial charge in [0.25, 0.3) is 5.91 Å². The fourth-order valence-corrected chi connectivity index (χ4v) is 4.10. The van der Waals surface area contributed by atoms with E-state index in [0.717, 1.165) is 0 Å². The highest BCUT2D eigenvalue weighted by molar-refractivity contribution is 7.92. The number of anilines is 2. The SMILES string of the molecule is CNC(=O)[C@H]1CN(c2ccc(N3CCS(=N)(=O)CC3)c(F)c2)C(=O)O1. The van der Waals surface area contributed by atoms with Crippen LogP contribution in [0.4, 0.5) is 20.6 Å². The number of rotatable bonds is 3. The van der Waals surface area contributed by atoms with Gasteiger partial charge in [0.2, 0.25) is 0 Å². The zero-order chi connectivity index (χ0) is 18.2. The first-order chi connectivity index (χ1) is 11.8. The first-order valence-corrected chi connectivity index (χ1v) is 9.69. The molecule has 136 valence electrons. The van der Waals surface area contributed by atoms with Crippen molar-refractivity contribution < 1.29 is 22.9 Å². The molecule has 2 aliphatic rings. The Morgan fingerprint density at radius 1 is 1.40 bits per heavy atom. The first kappa shape index (κ1) is 17.5. The third-order valence-electron chi connectivity index (χ3n) is 4.32. The third-order valence-corrected chi connectivity index (χ3v) is 6.00. The summed E-state index contributed by atoms with van der Waals surface area (Å²) in [6, 6.07) is 4.34. The molecule has 0 aromatic heterocycles. The van der Waals surface area contributed by atoms with E-state index in [0.29, 0.717) is 24.5 Å². The van der Waals surface area contributed by atoms with Crippen molar-refractivity contribution in [2.75, 3.05) is 48.0 Å². The van der Waals surface area contributed by atoms with Crippen molar-refractivity contribution >= 4 is 33.1 Å². The van der Waals surface area contributed by atoms with Gasteiger partial charge in [-0.3, -0.25) is 14.5 Å². The van der Waals surface area contributed by atoms with E-state index in [1.54, 1.807) is 17.0 Å². The Labute approximate surface area is 144 Å². The van der Waals surface area contributed by atoms with Gasteiger partial charge in [-0.1, -0.05) is 0 Å². The summed E-state index contributed by atoms with van der Waals surface area (Å²) in [7, 11) is -1.11. The number of cyclic esters (lactones) is 1. The van der Waals surface area contributed by atoms with Crippen LogP contribution in [0.5, 0.6) is 0 Å². The van der Waals surface area contributed by atoms with Crippen LogP contribution in [0.2, 0.25) is 0 Å². The lowest BCUT2D eigenvalue weighted by atomic mass is 10.2. The number of benzene rings is 1. The van der Waals surface area contributed by atoms with Gasteiger partial charge in [-0.25, -0.2) is 13.4 Å². The molecule has 25 heavy (non-hydrogen) atoms. The summed E-state index contributed by atoms with van der Waals surface area (Å²) >= 11 is 0. The molecule has 0 aliphatic carbocycles. The molecule has 1 atom stereocenters. The van der Waals surface area contributed by atoms with Gasteiger partial charge >= 0.3 is 6.09 Å². The molecule has 1 aromatic carbocycles. The minimum atomic E-state index is -2.55. The molecule has 2 aliphatic heterocycles. The molecule has 0 spiro atoms. The summed E-state index contributed by atoms with van der Waals surface area (Å²) in [5.74, 6) is -0.520. The number of carbonyl (C=O) groups excluding carboxylic acids is 2. The predicted octanol–water partition coefficient (Wildman–Crippen LogP) is 0.764. The van der Waals surface area contributed by atoms with Crippen LogP contribution in [0.25, 0.3) is 0 Å². The lowest BCUT2D eigenvalue weighted by Gasteiger charge is -2.30. The van der Waals surface area contributed by atoms with Gasteiger partial charge in [-0.15, -0.1) is 0 Å². The summed E-state index contributed by atoms with van der Waals surface area (Å²) < 4.78 is 38.8. The van der Waals surface area contributed by atoms with Gasteiger partial charge in [0.1, 0.15) is 5.82 Å². The van der Waals surface area contributed by atoms with E-state index in [2.05, 4.69) is 5.32 Å². The molecule has 2 saturated heterocycles. The Bertz CT molecular complexity index is 800. The molecule has 0 saturated carbocycles. The maximum atomic E-state index is 14.5. The summed E-state index contributed by atoms with van der Waals surface area (Å²) in [5, 5.41) is 2.41. The molecule has 2 amide bonds. The van der Waals surface area contributed by atoms with E-state index < -0.39 is 33.7 Å². The number of amides is 2. The average Bonchev–Trinajstić information content (AvgIpc) is 2.96. The fraction of sp³-hybridized carbons (Fsp3) is 0.467. The molecule has 0 bridgehead atoms. The van der Waals surface area contributed by atoms with Crippen molar-refractivity contribution in [1.29, 1.82) is 4.78 Å². The van der Waals surface area contributed by atoms with Crippen molar-refractivity contribution in [3.8, 4) is 0 Å². The zero-order valence-electron chi connectivity index (χ0n) is 13.7. The molecule has 10 heteroatoms. The highest BCUT2D eigenvalue weighted by atomic mass is 32.2. The Kier molecular flexibility index (Phi) is 4.55. The molecule has 2 fully saturated rings. The molecule has 8 nitrogen and oxygen atoms in total. The first-order valence-electron chi connectivity index (χ1n) is 7.79. The monoisotopic (exact) mass is 370 g/mol. The van der Waals surface area contributed by atoms with Crippen LogP contribution >= 0.6 is 0 Å². The van der Waals surface area contributed by atoms with Crippen LogP contribution in [0.3, 0.4) is 0 Å². The molecule has 1 aromatic rings. The Morgan fingerprint density at radius 3 is 2.68 bits per heavy atom. The van der Waals surface area contributed by atoms with Crippen molar-refractivity contribution in [2.24, 2.45) is 0 Å².